The summed E-state index contributed by atoms with van der Waals surface area (Å²) < 4.78 is 38.1. The Hall–Kier alpha value is -2.34. The van der Waals surface area contributed by atoms with Gasteiger partial charge in [0.05, 0.1) is 35.6 Å². The van der Waals surface area contributed by atoms with Gasteiger partial charge in [-0.2, -0.15) is 4.31 Å². The summed E-state index contributed by atoms with van der Waals surface area (Å²) in [5.74, 6) is 1.32. The van der Waals surface area contributed by atoms with Gasteiger partial charge >= 0.3 is 5.97 Å². The van der Waals surface area contributed by atoms with E-state index in [1.807, 2.05) is 66.0 Å². The van der Waals surface area contributed by atoms with Crippen molar-refractivity contribution in [3.63, 3.8) is 0 Å². The topological polar surface area (TPSA) is 82.5 Å². The molecule has 10 heteroatoms. The Balaban J connectivity index is 1.93. The number of unbranched alkanes of at least 4 members (excludes halogenated alkanes) is 2. The second kappa shape index (κ2) is 17.2. The third-order valence-electron chi connectivity index (χ3n) is 8.56. The van der Waals surface area contributed by atoms with E-state index in [9.17, 15) is 13.9 Å². The quantitative estimate of drug-likeness (QED) is 0.113. The molecule has 0 aliphatic carbocycles. The lowest BCUT2D eigenvalue weighted by Crippen LogP contribution is -2.54. The van der Waals surface area contributed by atoms with Crippen LogP contribution in [-0.4, -0.2) is 57.2 Å². The van der Waals surface area contributed by atoms with Crippen LogP contribution < -0.4 is 9.64 Å². The number of esters is 1. The SMILES string of the molecule is CCCCC1(CCCC)CN(c2ccccc2)c2cc(SC)c(CSCC(=O)OCC)cc2S(O)(O)N1Cc1ccc(OC)cc1. The molecule has 0 bridgehead atoms. The van der Waals surface area contributed by atoms with Crippen molar-refractivity contribution in [1.29, 1.82) is 0 Å². The number of hydrogen-bond acceptors (Lipinski definition) is 9. The van der Waals surface area contributed by atoms with Crippen LogP contribution in [0.3, 0.4) is 0 Å². The van der Waals surface area contributed by atoms with E-state index in [0.717, 1.165) is 71.7 Å². The minimum Gasteiger partial charge on any atom is -0.497 e. The van der Waals surface area contributed by atoms with Crippen molar-refractivity contribution >= 4 is 51.6 Å². The molecule has 2 N–H and O–H groups in total. The third-order valence-corrected chi connectivity index (χ3v) is 12.4. The van der Waals surface area contributed by atoms with Crippen LogP contribution in [0.1, 0.15) is 70.4 Å². The van der Waals surface area contributed by atoms with Crippen molar-refractivity contribution in [3.8, 4) is 5.75 Å². The average molecular weight is 687 g/mol. The lowest BCUT2D eigenvalue weighted by molar-refractivity contribution is -0.139. The van der Waals surface area contributed by atoms with Crippen LogP contribution in [0.5, 0.6) is 5.75 Å². The summed E-state index contributed by atoms with van der Waals surface area (Å²) in [7, 11) is -1.84. The highest BCUT2D eigenvalue weighted by molar-refractivity contribution is 8.22. The van der Waals surface area contributed by atoms with Gasteiger partial charge < -0.3 is 14.4 Å². The molecule has 0 aromatic heterocycles. The summed E-state index contributed by atoms with van der Waals surface area (Å²) in [5, 5.41) is 0. The largest absolute Gasteiger partial charge is 0.497 e. The van der Waals surface area contributed by atoms with Gasteiger partial charge in [0, 0.05) is 29.4 Å². The van der Waals surface area contributed by atoms with Crippen molar-refractivity contribution in [2.75, 3.05) is 37.2 Å². The van der Waals surface area contributed by atoms with Crippen LogP contribution in [-0.2, 0) is 21.8 Å². The number of fused-ring (bicyclic) bond motifs is 1. The standard InChI is InChI=1S/C36H50N2O5S3/c1-6-9-20-36(21-10-7-2)27-37(30-14-12-11-13-15-30)32-23-33(44-5)29(25-45-26-35(39)43-8-3)22-34(32)46(40,41)38(36)24-28-16-18-31(42-4)19-17-28/h11-19,22-23,40-41H,6-10,20-21,24-27H2,1-5H3. The minimum atomic E-state index is -3.49. The van der Waals surface area contributed by atoms with E-state index in [-0.39, 0.29) is 11.7 Å². The van der Waals surface area contributed by atoms with E-state index in [0.29, 0.717) is 30.3 Å². The molecule has 0 unspecified atom stereocenters. The smallest absolute Gasteiger partial charge is 0.315 e. The predicted octanol–water partition coefficient (Wildman–Crippen LogP) is 10.0. The van der Waals surface area contributed by atoms with E-state index in [1.54, 1.807) is 18.9 Å². The number of methoxy groups -OCH3 is 1. The van der Waals surface area contributed by atoms with E-state index < -0.39 is 16.3 Å². The van der Waals surface area contributed by atoms with Crippen LogP contribution in [0, 0.1) is 0 Å². The summed E-state index contributed by atoms with van der Waals surface area (Å²) in [6, 6.07) is 22.4. The monoisotopic (exact) mass is 686 g/mol. The summed E-state index contributed by atoms with van der Waals surface area (Å²) in [6.07, 6.45) is 7.70. The molecule has 252 valence electrons. The van der Waals surface area contributed by atoms with Crippen molar-refractivity contribution < 1.29 is 23.4 Å². The fraction of sp³-hybridized carbons (Fsp3) is 0.472. The molecule has 1 aliphatic rings. The maximum absolute atomic E-state index is 12.7. The fourth-order valence-electron chi connectivity index (χ4n) is 6.16. The van der Waals surface area contributed by atoms with Crippen molar-refractivity contribution in [3.05, 3.63) is 77.9 Å². The molecular weight excluding hydrogens is 637 g/mol. The molecule has 0 atom stereocenters. The molecule has 0 saturated carbocycles. The molecule has 7 nitrogen and oxygen atoms in total. The Morgan fingerprint density at radius 2 is 1.65 bits per heavy atom. The molecular formula is C36H50N2O5S3. The normalized spacial score (nSPS) is 16.4. The number of carbonyl (C=O) groups is 1. The van der Waals surface area contributed by atoms with Crippen LogP contribution in [0.4, 0.5) is 11.4 Å². The molecule has 46 heavy (non-hydrogen) atoms. The first-order valence-corrected chi connectivity index (χ1v) is 20.1. The zero-order chi connectivity index (χ0) is 33.2. The van der Waals surface area contributed by atoms with E-state index in [2.05, 4.69) is 36.9 Å². The number of hydrogen-bond donors (Lipinski definition) is 2. The summed E-state index contributed by atoms with van der Waals surface area (Å²) in [4.78, 5) is 16.0. The molecule has 3 aromatic carbocycles. The van der Waals surface area contributed by atoms with Crippen molar-refractivity contribution in [2.45, 2.75) is 86.9 Å². The van der Waals surface area contributed by atoms with Crippen molar-refractivity contribution in [1.82, 2.24) is 4.31 Å². The van der Waals surface area contributed by atoms with Crippen LogP contribution in [0.15, 0.2) is 76.5 Å². The Morgan fingerprint density at radius 3 is 2.24 bits per heavy atom. The molecule has 1 heterocycles. The number of carbonyl (C=O) groups excluding carboxylic acids is 1. The molecule has 0 spiro atoms. The molecule has 3 aromatic rings. The average Bonchev–Trinajstić information content (AvgIpc) is 3.14. The van der Waals surface area contributed by atoms with Gasteiger partial charge in [0.1, 0.15) is 5.75 Å². The van der Waals surface area contributed by atoms with Crippen LogP contribution in [0.25, 0.3) is 0 Å². The first-order valence-electron chi connectivity index (χ1n) is 16.2. The maximum atomic E-state index is 12.7. The lowest BCUT2D eigenvalue weighted by Gasteiger charge is -2.52. The van der Waals surface area contributed by atoms with Gasteiger partial charge in [0.2, 0.25) is 0 Å². The number of ether oxygens (including phenoxy) is 2. The minimum absolute atomic E-state index is 0.241. The zero-order valence-electron chi connectivity index (χ0n) is 27.9. The highest BCUT2D eigenvalue weighted by Gasteiger charge is 2.49. The number of nitrogens with zero attached hydrogens (tertiary/aromatic N) is 2. The first-order chi connectivity index (χ1) is 22.2. The Bertz CT molecular complexity index is 1400. The summed E-state index contributed by atoms with van der Waals surface area (Å²) in [6.45, 7) is 7.57. The predicted molar refractivity (Wildman–Crippen MR) is 196 cm³/mol. The number of para-hydroxylation sites is 1. The molecule has 4 rings (SSSR count). The van der Waals surface area contributed by atoms with E-state index in [4.69, 9.17) is 9.47 Å². The summed E-state index contributed by atoms with van der Waals surface area (Å²) >= 11 is 3.13. The second-order valence-electron chi connectivity index (χ2n) is 11.7. The van der Waals surface area contributed by atoms with Gasteiger partial charge in [0.25, 0.3) is 0 Å². The van der Waals surface area contributed by atoms with Gasteiger partial charge in [-0.1, -0.05) is 69.9 Å². The lowest BCUT2D eigenvalue weighted by atomic mass is 9.85. The Labute approximate surface area is 285 Å². The van der Waals surface area contributed by atoms with Gasteiger partial charge in [-0.25, -0.2) is 0 Å². The molecule has 1 aliphatic heterocycles. The van der Waals surface area contributed by atoms with E-state index in [1.165, 1.54) is 11.8 Å². The van der Waals surface area contributed by atoms with Gasteiger partial charge in [0.15, 0.2) is 0 Å². The van der Waals surface area contributed by atoms with Crippen LogP contribution >= 0.6 is 34.3 Å². The Kier molecular flexibility index (Phi) is 13.6. The highest BCUT2D eigenvalue weighted by Crippen LogP contribution is 2.63. The van der Waals surface area contributed by atoms with Gasteiger partial charge in [-0.15, -0.1) is 34.3 Å². The maximum Gasteiger partial charge on any atom is 0.315 e. The number of thioether (sulfide) groups is 2. The molecule has 0 fully saturated rings. The number of anilines is 2. The third kappa shape index (κ3) is 8.57. The number of rotatable bonds is 16. The molecule has 0 saturated heterocycles. The van der Waals surface area contributed by atoms with E-state index >= 15 is 0 Å². The molecule has 0 amide bonds. The second-order valence-corrected chi connectivity index (χ2v) is 15.4. The van der Waals surface area contributed by atoms with Crippen LogP contribution in [0.2, 0.25) is 0 Å². The highest BCUT2D eigenvalue weighted by atomic mass is 32.3. The molecule has 0 radical (unpaired) electrons. The first kappa shape index (κ1) is 36.5. The van der Waals surface area contributed by atoms with Gasteiger partial charge in [-0.05, 0) is 73.5 Å². The zero-order valence-corrected chi connectivity index (χ0v) is 30.3. The van der Waals surface area contributed by atoms with Gasteiger partial charge in [-0.3, -0.25) is 13.9 Å². The summed E-state index contributed by atoms with van der Waals surface area (Å²) in [5.41, 5.74) is 3.31. The van der Waals surface area contributed by atoms with Crippen molar-refractivity contribution in [2.24, 2.45) is 0 Å². The Morgan fingerprint density at radius 1 is 0.978 bits per heavy atom. The fourth-order valence-corrected chi connectivity index (χ4v) is 9.78. The number of benzene rings is 3.